The number of benzene rings is 1. The molecule has 0 bridgehead atoms. The molecule has 2 nitrogen and oxygen atoms in total. The molecular weight excluding hydrogens is 138 g/mol. The van der Waals surface area contributed by atoms with Gasteiger partial charge in [-0.15, -0.1) is 12.7 Å². The topological polar surface area (TPSA) is 23.3 Å². The van der Waals surface area contributed by atoms with Crippen molar-refractivity contribution in [2.45, 2.75) is 6.92 Å². The molecule has 0 N–H and O–H groups in total. The zero-order valence-electron chi connectivity index (χ0n) is 6.87. The molecule has 0 saturated heterocycles. The van der Waals surface area contributed by atoms with Crippen LogP contribution in [0, 0.1) is 0 Å². The SMILES string of the molecule is CCOc1ccc([N-]C)cc1. The molecule has 0 atom stereocenters. The third-order valence-electron chi connectivity index (χ3n) is 1.41. The summed E-state index contributed by atoms with van der Waals surface area (Å²) in [6, 6.07) is 7.72. The molecule has 1 rings (SSSR count). The fraction of sp³-hybridized carbons (Fsp3) is 0.333. The molecule has 0 amide bonds. The summed E-state index contributed by atoms with van der Waals surface area (Å²) in [5, 5.41) is 4.02. The summed E-state index contributed by atoms with van der Waals surface area (Å²) in [7, 11) is 1.77. The molecule has 0 aliphatic rings. The standard InChI is InChI=1S/C9H12NO/c1-3-11-9-6-4-8(10-2)5-7-9/h4-7H,3H2,1-2H3/q-1. The maximum absolute atomic E-state index is 5.26. The summed E-state index contributed by atoms with van der Waals surface area (Å²) in [4.78, 5) is 0. The lowest BCUT2D eigenvalue weighted by Crippen LogP contribution is -1.89. The smallest absolute Gasteiger partial charge is 0.119 e. The van der Waals surface area contributed by atoms with Gasteiger partial charge in [-0.2, -0.15) is 0 Å². The Morgan fingerprint density at radius 1 is 1.27 bits per heavy atom. The highest BCUT2D eigenvalue weighted by atomic mass is 16.5. The third kappa shape index (κ3) is 2.15. The molecule has 2 heteroatoms. The molecule has 60 valence electrons. The van der Waals surface area contributed by atoms with Gasteiger partial charge < -0.3 is 10.1 Å². The van der Waals surface area contributed by atoms with Gasteiger partial charge in [0.1, 0.15) is 5.75 Å². The summed E-state index contributed by atoms with van der Waals surface area (Å²) in [5.41, 5.74) is 0.980. The molecule has 1 aromatic carbocycles. The average Bonchev–Trinajstić information content (AvgIpc) is 2.07. The van der Waals surface area contributed by atoms with E-state index in [-0.39, 0.29) is 0 Å². The molecule has 0 aliphatic heterocycles. The lowest BCUT2D eigenvalue weighted by Gasteiger charge is -2.13. The van der Waals surface area contributed by atoms with Gasteiger partial charge in [0, 0.05) is 0 Å². The van der Waals surface area contributed by atoms with E-state index < -0.39 is 0 Å². The van der Waals surface area contributed by atoms with Gasteiger partial charge >= 0.3 is 0 Å². The van der Waals surface area contributed by atoms with Gasteiger partial charge in [0.05, 0.1) is 6.61 Å². The number of hydrogen-bond acceptors (Lipinski definition) is 1. The van der Waals surface area contributed by atoms with Crippen molar-refractivity contribution in [2.75, 3.05) is 13.7 Å². The molecular formula is C9H12NO-. The molecule has 0 unspecified atom stereocenters. The highest BCUT2D eigenvalue weighted by Gasteiger charge is 1.86. The Labute approximate surface area is 67.2 Å². The van der Waals surface area contributed by atoms with Crippen molar-refractivity contribution in [1.82, 2.24) is 0 Å². The Bertz CT molecular complexity index is 205. The van der Waals surface area contributed by atoms with Gasteiger partial charge in [-0.3, -0.25) is 0 Å². The maximum atomic E-state index is 5.26. The van der Waals surface area contributed by atoms with Gasteiger partial charge in [0.15, 0.2) is 0 Å². The number of rotatable bonds is 3. The maximum Gasteiger partial charge on any atom is 0.119 e. The van der Waals surface area contributed by atoms with Crippen LogP contribution in [0.4, 0.5) is 5.69 Å². The molecule has 0 aromatic heterocycles. The predicted octanol–water partition coefficient (Wildman–Crippen LogP) is 2.72. The van der Waals surface area contributed by atoms with Crippen molar-refractivity contribution >= 4 is 5.69 Å². The Balaban J connectivity index is 2.66. The van der Waals surface area contributed by atoms with E-state index in [9.17, 15) is 0 Å². The summed E-state index contributed by atoms with van der Waals surface area (Å²) < 4.78 is 5.26. The second-order valence-electron chi connectivity index (χ2n) is 2.15. The van der Waals surface area contributed by atoms with E-state index in [0.29, 0.717) is 6.61 Å². The van der Waals surface area contributed by atoms with Gasteiger partial charge in [0.25, 0.3) is 0 Å². The van der Waals surface area contributed by atoms with Crippen LogP contribution in [0.5, 0.6) is 5.75 Å². The fourth-order valence-corrected chi connectivity index (χ4v) is 0.858. The Morgan fingerprint density at radius 2 is 1.91 bits per heavy atom. The summed E-state index contributed by atoms with van der Waals surface area (Å²) in [6.07, 6.45) is 0. The quantitative estimate of drug-likeness (QED) is 0.649. The average molecular weight is 150 g/mol. The van der Waals surface area contributed by atoms with Crippen LogP contribution < -0.4 is 4.74 Å². The molecule has 1 aromatic rings. The molecule has 0 aliphatic carbocycles. The lowest BCUT2D eigenvalue weighted by atomic mass is 10.3. The molecule has 0 radical (unpaired) electrons. The van der Waals surface area contributed by atoms with Crippen LogP contribution >= 0.6 is 0 Å². The van der Waals surface area contributed by atoms with E-state index in [1.54, 1.807) is 7.05 Å². The Morgan fingerprint density at radius 3 is 2.36 bits per heavy atom. The minimum Gasteiger partial charge on any atom is -0.687 e. The van der Waals surface area contributed by atoms with E-state index in [1.807, 2.05) is 31.2 Å². The van der Waals surface area contributed by atoms with Crippen molar-refractivity contribution in [1.29, 1.82) is 0 Å². The second kappa shape index (κ2) is 3.86. The van der Waals surface area contributed by atoms with Crippen molar-refractivity contribution in [2.24, 2.45) is 0 Å². The Hall–Kier alpha value is -1.18. The van der Waals surface area contributed by atoms with Crippen LogP contribution in [-0.2, 0) is 0 Å². The van der Waals surface area contributed by atoms with Crippen LogP contribution in [0.3, 0.4) is 0 Å². The highest BCUT2D eigenvalue weighted by molar-refractivity contribution is 5.49. The zero-order chi connectivity index (χ0) is 8.10. The summed E-state index contributed by atoms with van der Waals surface area (Å²) >= 11 is 0. The van der Waals surface area contributed by atoms with E-state index in [1.165, 1.54) is 0 Å². The number of hydrogen-bond donors (Lipinski definition) is 0. The molecule has 0 spiro atoms. The molecule has 11 heavy (non-hydrogen) atoms. The largest absolute Gasteiger partial charge is 0.687 e. The van der Waals surface area contributed by atoms with Crippen LogP contribution in [0.2, 0.25) is 0 Å². The van der Waals surface area contributed by atoms with Crippen LogP contribution in [-0.4, -0.2) is 13.7 Å². The highest BCUT2D eigenvalue weighted by Crippen LogP contribution is 2.19. The normalized spacial score (nSPS) is 9.27. The predicted molar refractivity (Wildman–Crippen MR) is 46.6 cm³/mol. The summed E-state index contributed by atoms with van der Waals surface area (Å²) in [6.45, 7) is 2.68. The number of ether oxygens (including phenoxy) is 1. The zero-order valence-corrected chi connectivity index (χ0v) is 6.87. The van der Waals surface area contributed by atoms with E-state index >= 15 is 0 Å². The van der Waals surface area contributed by atoms with Crippen molar-refractivity contribution in [3.8, 4) is 5.75 Å². The van der Waals surface area contributed by atoms with Gasteiger partial charge in [-0.25, -0.2) is 0 Å². The monoisotopic (exact) mass is 150 g/mol. The first-order valence-corrected chi connectivity index (χ1v) is 3.69. The van der Waals surface area contributed by atoms with Crippen molar-refractivity contribution in [3.05, 3.63) is 29.6 Å². The number of nitrogens with zero attached hydrogens (tertiary/aromatic N) is 1. The fourth-order valence-electron chi connectivity index (χ4n) is 0.858. The molecule has 0 saturated carbocycles. The third-order valence-corrected chi connectivity index (χ3v) is 1.41. The lowest BCUT2D eigenvalue weighted by molar-refractivity contribution is 0.340. The van der Waals surface area contributed by atoms with Gasteiger partial charge in [0.2, 0.25) is 0 Å². The van der Waals surface area contributed by atoms with Crippen LogP contribution in [0.25, 0.3) is 5.32 Å². The Kier molecular flexibility index (Phi) is 2.78. The first kappa shape index (κ1) is 7.92. The molecule has 0 heterocycles. The van der Waals surface area contributed by atoms with Crippen molar-refractivity contribution < 1.29 is 4.74 Å². The molecule has 0 fully saturated rings. The second-order valence-corrected chi connectivity index (χ2v) is 2.15. The van der Waals surface area contributed by atoms with E-state index in [0.717, 1.165) is 11.4 Å². The van der Waals surface area contributed by atoms with Crippen LogP contribution in [0.1, 0.15) is 6.92 Å². The van der Waals surface area contributed by atoms with Crippen molar-refractivity contribution in [3.63, 3.8) is 0 Å². The van der Waals surface area contributed by atoms with E-state index in [4.69, 9.17) is 4.74 Å². The van der Waals surface area contributed by atoms with Gasteiger partial charge in [-0.1, -0.05) is 12.1 Å². The summed E-state index contributed by atoms with van der Waals surface area (Å²) in [5.74, 6) is 0.903. The minimum atomic E-state index is 0.711. The first-order chi connectivity index (χ1) is 5.36. The van der Waals surface area contributed by atoms with Gasteiger partial charge in [-0.05, 0) is 19.1 Å². The minimum absolute atomic E-state index is 0.711. The van der Waals surface area contributed by atoms with E-state index in [2.05, 4.69) is 5.32 Å². The first-order valence-electron chi connectivity index (χ1n) is 3.69. The van der Waals surface area contributed by atoms with Crippen LogP contribution in [0.15, 0.2) is 24.3 Å².